The van der Waals surface area contributed by atoms with E-state index in [0.717, 1.165) is 12.1 Å². The van der Waals surface area contributed by atoms with E-state index < -0.39 is 11.6 Å². The van der Waals surface area contributed by atoms with Crippen molar-refractivity contribution in [1.82, 2.24) is 0 Å². The van der Waals surface area contributed by atoms with E-state index in [1.165, 1.54) is 0 Å². The Bertz CT molecular complexity index is 262. The predicted octanol–water partition coefficient (Wildman–Crippen LogP) is 1.75. The lowest BCUT2D eigenvalue weighted by molar-refractivity contribution is 0.559. The molecule has 0 aliphatic rings. The molecule has 0 amide bonds. The Balaban J connectivity index is 3.19. The second-order valence-corrected chi connectivity index (χ2v) is 2.26. The van der Waals surface area contributed by atoms with Crippen molar-refractivity contribution < 1.29 is 13.0 Å². The third-order valence-electron chi connectivity index (χ3n) is 0.984. The van der Waals surface area contributed by atoms with E-state index in [0.29, 0.717) is 6.07 Å². The second kappa shape index (κ2) is 2.79. The van der Waals surface area contributed by atoms with Crippen LogP contribution in [0.2, 0.25) is 0 Å². The zero-order valence-electron chi connectivity index (χ0n) is 4.80. The SMILES string of the molecule is O=[S+]c1ccc(F)cc1F. The smallest absolute Gasteiger partial charge is 0.207 e. The number of halogens is 2. The van der Waals surface area contributed by atoms with Crippen LogP contribution in [0, 0.1) is 11.6 Å². The minimum atomic E-state index is -0.806. The van der Waals surface area contributed by atoms with Crippen molar-refractivity contribution in [3.05, 3.63) is 29.8 Å². The normalized spacial score (nSPS) is 9.40. The van der Waals surface area contributed by atoms with Crippen LogP contribution >= 0.6 is 0 Å². The Kier molecular flexibility index (Phi) is 2.01. The molecule has 0 atom stereocenters. The van der Waals surface area contributed by atoms with Crippen LogP contribution in [0.1, 0.15) is 0 Å². The molecule has 4 heteroatoms. The average molecular weight is 161 g/mol. The van der Waals surface area contributed by atoms with Gasteiger partial charge in [0.05, 0.1) is 0 Å². The monoisotopic (exact) mass is 161 g/mol. The molecule has 1 nitrogen and oxygen atoms in total. The third-order valence-corrected chi connectivity index (χ3v) is 1.49. The summed E-state index contributed by atoms with van der Waals surface area (Å²) in [4.78, 5) is -0.0820. The summed E-state index contributed by atoms with van der Waals surface area (Å²) in [7, 11) is 0. The molecule has 1 aromatic carbocycles. The van der Waals surface area contributed by atoms with Crippen LogP contribution in [0.3, 0.4) is 0 Å². The molecular formula is C6H3F2OS+. The van der Waals surface area contributed by atoms with Crippen molar-refractivity contribution in [2.45, 2.75) is 4.90 Å². The fourth-order valence-electron chi connectivity index (χ4n) is 0.543. The summed E-state index contributed by atoms with van der Waals surface area (Å²) < 4.78 is 34.5. The van der Waals surface area contributed by atoms with E-state index in [4.69, 9.17) is 0 Å². The Hall–Kier alpha value is -0.900. The lowest BCUT2D eigenvalue weighted by atomic mass is 10.3. The molecule has 0 bridgehead atoms. The first-order valence-corrected chi connectivity index (χ1v) is 3.23. The van der Waals surface area contributed by atoms with Crippen molar-refractivity contribution >= 4 is 11.7 Å². The third kappa shape index (κ3) is 1.33. The van der Waals surface area contributed by atoms with Crippen molar-refractivity contribution in [3.63, 3.8) is 0 Å². The predicted molar refractivity (Wildman–Crippen MR) is 32.7 cm³/mol. The first kappa shape index (κ1) is 7.21. The van der Waals surface area contributed by atoms with Gasteiger partial charge in [0.25, 0.3) is 0 Å². The van der Waals surface area contributed by atoms with Crippen LogP contribution in [0.5, 0.6) is 0 Å². The first-order valence-electron chi connectivity index (χ1n) is 2.49. The van der Waals surface area contributed by atoms with Gasteiger partial charge in [-0.15, -0.1) is 0 Å². The second-order valence-electron chi connectivity index (χ2n) is 1.66. The highest BCUT2D eigenvalue weighted by Crippen LogP contribution is 2.08. The van der Waals surface area contributed by atoms with E-state index in [9.17, 15) is 13.0 Å². The van der Waals surface area contributed by atoms with Crippen LogP contribution < -0.4 is 0 Å². The van der Waals surface area contributed by atoms with Crippen LogP contribution in [-0.2, 0) is 15.9 Å². The van der Waals surface area contributed by atoms with Gasteiger partial charge < -0.3 is 0 Å². The Morgan fingerprint density at radius 2 is 2.00 bits per heavy atom. The standard InChI is InChI=1S/C6H3F2OS/c7-4-1-2-6(10-9)5(8)3-4/h1-3H/q+1. The fourth-order valence-corrected chi connectivity index (χ4v) is 0.805. The number of hydrogen-bond donors (Lipinski definition) is 0. The molecule has 0 saturated carbocycles. The summed E-state index contributed by atoms with van der Waals surface area (Å²) in [5, 5.41) is 0. The highest BCUT2D eigenvalue weighted by atomic mass is 32.1. The minimum Gasteiger partial charge on any atom is -0.207 e. The molecule has 1 rings (SSSR count). The summed E-state index contributed by atoms with van der Waals surface area (Å²) >= 11 is 0.0125. The molecule has 0 saturated heterocycles. The summed E-state index contributed by atoms with van der Waals surface area (Å²) in [6.07, 6.45) is 0. The fraction of sp³-hybridized carbons (Fsp3) is 0. The zero-order chi connectivity index (χ0) is 7.56. The summed E-state index contributed by atoms with van der Waals surface area (Å²) in [6, 6.07) is 2.84. The maximum Gasteiger partial charge on any atom is 0.508 e. The number of rotatable bonds is 1. The van der Waals surface area contributed by atoms with Gasteiger partial charge in [-0.05, 0) is 6.07 Å². The first-order chi connectivity index (χ1) is 4.74. The Morgan fingerprint density at radius 1 is 1.30 bits per heavy atom. The lowest BCUT2D eigenvalue weighted by Gasteiger charge is -1.83. The number of hydrogen-bond acceptors (Lipinski definition) is 1. The molecule has 0 unspecified atom stereocenters. The maximum atomic E-state index is 12.4. The van der Waals surface area contributed by atoms with Gasteiger partial charge in [-0.25, -0.2) is 8.78 Å². The van der Waals surface area contributed by atoms with E-state index >= 15 is 0 Å². The van der Waals surface area contributed by atoms with Gasteiger partial charge in [0, 0.05) is 16.3 Å². The van der Waals surface area contributed by atoms with E-state index in [1.807, 2.05) is 0 Å². The van der Waals surface area contributed by atoms with Gasteiger partial charge in [-0.2, -0.15) is 0 Å². The van der Waals surface area contributed by atoms with Crippen molar-refractivity contribution in [2.75, 3.05) is 0 Å². The van der Waals surface area contributed by atoms with Gasteiger partial charge in [-0.1, -0.05) is 0 Å². The molecule has 52 valence electrons. The highest BCUT2D eigenvalue weighted by Gasteiger charge is 2.14. The van der Waals surface area contributed by atoms with E-state index in [2.05, 4.69) is 0 Å². The average Bonchev–Trinajstić information content (AvgIpc) is 1.88. The summed E-state index contributed by atoms with van der Waals surface area (Å²) in [6.45, 7) is 0. The van der Waals surface area contributed by atoms with Crippen LogP contribution in [0.4, 0.5) is 8.78 Å². The van der Waals surface area contributed by atoms with E-state index in [-0.39, 0.29) is 16.6 Å². The van der Waals surface area contributed by atoms with Gasteiger partial charge in [0.15, 0.2) is 5.82 Å². The molecule has 0 radical (unpaired) electrons. The van der Waals surface area contributed by atoms with Crippen LogP contribution in [-0.4, -0.2) is 0 Å². The summed E-state index contributed by atoms with van der Waals surface area (Å²) in [5.74, 6) is -1.48. The largest absolute Gasteiger partial charge is 0.508 e. The van der Waals surface area contributed by atoms with Crippen molar-refractivity contribution in [2.24, 2.45) is 0 Å². The van der Waals surface area contributed by atoms with Crippen LogP contribution in [0.15, 0.2) is 23.1 Å². The topological polar surface area (TPSA) is 17.1 Å². The molecule has 0 aliphatic carbocycles. The lowest BCUT2D eigenvalue weighted by Crippen LogP contribution is -1.83. The molecule has 0 aliphatic heterocycles. The quantitative estimate of drug-likeness (QED) is 0.573. The summed E-state index contributed by atoms with van der Waals surface area (Å²) in [5.41, 5.74) is 0. The number of benzene rings is 1. The van der Waals surface area contributed by atoms with Gasteiger partial charge in [0.2, 0.25) is 0 Å². The molecule has 0 N–H and O–H groups in total. The molecule has 0 spiro atoms. The van der Waals surface area contributed by atoms with Gasteiger partial charge >= 0.3 is 16.6 Å². The highest BCUT2D eigenvalue weighted by molar-refractivity contribution is 7.65. The zero-order valence-corrected chi connectivity index (χ0v) is 5.62. The maximum absolute atomic E-state index is 12.4. The Morgan fingerprint density at radius 3 is 2.50 bits per heavy atom. The van der Waals surface area contributed by atoms with Gasteiger partial charge in [-0.3, -0.25) is 0 Å². The minimum absolute atomic E-state index is 0.0125. The molecule has 10 heavy (non-hydrogen) atoms. The van der Waals surface area contributed by atoms with E-state index in [1.54, 1.807) is 0 Å². The Labute approximate surface area is 60.2 Å². The van der Waals surface area contributed by atoms with Crippen LogP contribution in [0.25, 0.3) is 0 Å². The molecule has 1 aromatic rings. The van der Waals surface area contributed by atoms with Gasteiger partial charge in [0.1, 0.15) is 5.82 Å². The molecule has 0 fully saturated rings. The molecule has 0 aromatic heterocycles. The molecule has 0 heterocycles. The van der Waals surface area contributed by atoms with Crippen molar-refractivity contribution in [3.8, 4) is 0 Å². The van der Waals surface area contributed by atoms with Crippen molar-refractivity contribution in [1.29, 1.82) is 0 Å². The molecular weight excluding hydrogens is 158 g/mol.